The number of hydrogen-bond donors (Lipinski definition) is 2. The van der Waals surface area contributed by atoms with E-state index >= 15 is 0 Å². The number of alkyl halides is 6. The SMILES string of the molecule is CN(C(=O)c1cc(C(F)(F)F)cc(C(F)(F)F)c1)C(CCC(=O)NCc1ccccn1)Cc1c[nH]c2ccccc12. The highest BCUT2D eigenvalue weighted by Crippen LogP contribution is 2.36. The van der Waals surface area contributed by atoms with Crippen LogP contribution < -0.4 is 5.32 Å². The smallest absolute Gasteiger partial charge is 0.361 e. The minimum absolute atomic E-state index is 0.0217. The lowest BCUT2D eigenvalue weighted by Gasteiger charge is -2.29. The van der Waals surface area contributed by atoms with Crippen molar-refractivity contribution in [2.75, 3.05) is 7.05 Å². The molecular weight excluding hydrogens is 550 g/mol. The zero-order valence-corrected chi connectivity index (χ0v) is 21.8. The highest BCUT2D eigenvalue weighted by molar-refractivity contribution is 5.95. The summed E-state index contributed by atoms with van der Waals surface area (Å²) in [6.45, 7) is 0.173. The van der Waals surface area contributed by atoms with Crippen LogP contribution in [0.1, 0.15) is 45.6 Å². The van der Waals surface area contributed by atoms with Crippen LogP contribution in [-0.2, 0) is 30.1 Å². The normalized spacial score (nSPS) is 12.8. The van der Waals surface area contributed by atoms with Gasteiger partial charge in [-0.15, -0.1) is 0 Å². The van der Waals surface area contributed by atoms with Gasteiger partial charge in [0.25, 0.3) is 5.91 Å². The molecule has 0 aliphatic rings. The Labute approximate surface area is 231 Å². The third-order valence-electron chi connectivity index (χ3n) is 6.73. The summed E-state index contributed by atoms with van der Waals surface area (Å²) >= 11 is 0. The molecular formula is C29H26F6N4O2. The number of aromatic nitrogens is 2. The molecule has 216 valence electrons. The summed E-state index contributed by atoms with van der Waals surface area (Å²) in [7, 11) is 1.31. The Hall–Kier alpha value is -4.35. The predicted octanol–water partition coefficient (Wildman–Crippen LogP) is 6.38. The number of hydrogen-bond acceptors (Lipinski definition) is 3. The van der Waals surface area contributed by atoms with E-state index in [2.05, 4.69) is 15.3 Å². The van der Waals surface area contributed by atoms with E-state index in [-0.39, 0.29) is 37.8 Å². The van der Waals surface area contributed by atoms with Crippen molar-refractivity contribution in [3.63, 3.8) is 0 Å². The summed E-state index contributed by atoms with van der Waals surface area (Å²) < 4.78 is 80.5. The molecule has 0 bridgehead atoms. The number of para-hydroxylation sites is 1. The molecule has 2 aromatic carbocycles. The van der Waals surface area contributed by atoms with Crippen molar-refractivity contribution < 1.29 is 35.9 Å². The Bertz CT molecular complexity index is 1480. The standard InChI is InChI=1S/C29H26F6N4O2/c1-39(27(41)18-12-20(28(30,31)32)15-21(13-18)29(33,34)35)23(14-19-16-37-25-8-3-2-7-24(19)25)9-10-26(40)38-17-22-6-4-5-11-36-22/h2-8,11-13,15-16,23,37H,9-10,14,17H2,1H3,(H,38,40). The number of likely N-dealkylation sites (N-methyl/N-ethyl adjacent to an activating group) is 1. The fourth-order valence-corrected chi connectivity index (χ4v) is 4.51. The van der Waals surface area contributed by atoms with E-state index in [0.29, 0.717) is 17.8 Å². The number of benzene rings is 2. The molecule has 1 atom stereocenters. The Morgan fingerprint density at radius 3 is 2.24 bits per heavy atom. The largest absolute Gasteiger partial charge is 0.416 e. The lowest BCUT2D eigenvalue weighted by atomic mass is 9.98. The molecule has 0 saturated carbocycles. The number of halogens is 6. The summed E-state index contributed by atoms with van der Waals surface area (Å²) in [6, 6.07) is 12.6. The number of rotatable bonds is 9. The van der Waals surface area contributed by atoms with Gasteiger partial charge in [-0.05, 0) is 54.8 Å². The number of carbonyl (C=O) groups is 2. The van der Waals surface area contributed by atoms with Gasteiger partial charge in [0, 0.05) is 48.4 Å². The van der Waals surface area contributed by atoms with Crippen LogP contribution in [0.25, 0.3) is 10.9 Å². The highest BCUT2D eigenvalue weighted by Gasteiger charge is 2.38. The third-order valence-corrected chi connectivity index (χ3v) is 6.73. The first kappa shape index (κ1) is 29.6. The maximum absolute atomic E-state index is 13.4. The quantitative estimate of drug-likeness (QED) is 0.227. The first-order chi connectivity index (χ1) is 19.3. The monoisotopic (exact) mass is 576 g/mol. The number of carbonyl (C=O) groups excluding carboxylic acids is 2. The molecule has 12 heteroatoms. The van der Waals surface area contributed by atoms with Crippen molar-refractivity contribution in [3.05, 3.63) is 101 Å². The predicted molar refractivity (Wildman–Crippen MR) is 140 cm³/mol. The van der Waals surface area contributed by atoms with Crippen LogP contribution in [0.4, 0.5) is 26.3 Å². The fraction of sp³-hybridized carbons (Fsp3) is 0.276. The number of fused-ring (bicyclic) bond motifs is 1. The van der Waals surface area contributed by atoms with E-state index in [1.807, 2.05) is 24.3 Å². The van der Waals surface area contributed by atoms with E-state index in [4.69, 9.17) is 0 Å². The Morgan fingerprint density at radius 1 is 0.951 bits per heavy atom. The average Bonchev–Trinajstić information content (AvgIpc) is 3.35. The Balaban J connectivity index is 1.59. The molecule has 4 aromatic rings. The third kappa shape index (κ3) is 7.44. The fourth-order valence-electron chi connectivity index (χ4n) is 4.51. The molecule has 0 saturated heterocycles. The molecule has 2 N–H and O–H groups in total. The van der Waals surface area contributed by atoms with Crippen molar-refractivity contribution in [2.24, 2.45) is 0 Å². The van der Waals surface area contributed by atoms with Gasteiger partial charge in [-0.3, -0.25) is 14.6 Å². The summed E-state index contributed by atoms with van der Waals surface area (Å²) in [6.07, 6.45) is -6.63. The zero-order chi connectivity index (χ0) is 29.8. The molecule has 4 rings (SSSR count). The molecule has 0 spiro atoms. The number of H-pyrrole nitrogens is 1. The molecule has 1 unspecified atom stereocenters. The van der Waals surface area contributed by atoms with Crippen LogP contribution in [0.5, 0.6) is 0 Å². The summed E-state index contributed by atoms with van der Waals surface area (Å²) in [5.41, 5.74) is -1.68. The van der Waals surface area contributed by atoms with Gasteiger partial charge < -0.3 is 15.2 Å². The van der Waals surface area contributed by atoms with Gasteiger partial charge in [0.1, 0.15) is 0 Å². The maximum Gasteiger partial charge on any atom is 0.416 e. The number of pyridine rings is 1. The lowest BCUT2D eigenvalue weighted by molar-refractivity contribution is -0.143. The second kappa shape index (κ2) is 12.0. The van der Waals surface area contributed by atoms with Gasteiger partial charge in [0.05, 0.1) is 23.4 Å². The maximum atomic E-state index is 13.4. The average molecular weight is 577 g/mol. The van der Waals surface area contributed by atoms with Crippen LogP contribution >= 0.6 is 0 Å². The van der Waals surface area contributed by atoms with E-state index in [1.165, 1.54) is 7.05 Å². The number of nitrogens with zero attached hydrogens (tertiary/aromatic N) is 2. The second-order valence-corrected chi connectivity index (χ2v) is 9.56. The van der Waals surface area contributed by atoms with Crippen LogP contribution in [0.2, 0.25) is 0 Å². The lowest BCUT2D eigenvalue weighted by Crippen LogP contribution is -2.39. The van der Waals surface area contributed by atoms with E-state index in [1.54, 1.807) is 30.6 Å². The van der Waals surface area contributed by atoms with E-state index in [0.717, 1.165) is 21.4 Å². The van der Waals surface area contributed by atoms with Gasteiger partial charge in [0.2, 0.25) is 5.91 Å². The molecule has 2 amide bonds. The molecule has 2 aromatic heterocycles. The van der Waals surface area contributed by atoms with Crippen LogP contribution in [-0.4, -0.2) is 39.8 Å². The first-order valence-electron chi connectivity index (χ1n) is 12.6. The summed E-state index contributed by atoms with van der Waals surface area (Å²) in [4.78, 5) is 34.3. The van der Waals surface area contributed by atoms with Crippen molar-refractivity contribution in [2.45, 2.75) is 44.2 Å². The Kier molecular flexibility index (Phi) is 8.69. The number of amides is 2. The summed E-state index contributed by atoms with van der Waals surface area (Å²) in [5.74, 6) is -1.38. The van der Waals surface area contributed by atoms with Crippen molar-refractivity contribution in [1.82, 2.24) is 20.2 Å². The summed E-state index contributed by atoms with van der Waals surface area (Å²) in [5, 5.41) is 3.57. The van der Waals surface area contributed by atoms with Gasteiger partial charge in [0.15, 0.2) is 0 Å². The van der Waals surface area contributed by atoms with Crippen LogP contribution in [0.15, 0.2) is 73.1 Å². The van der Waals surface area contributed by atoms with Gasteiger partial charge in [-0.2, -0.15) is 26.3 Å². The second-order valence-electron chi connectivity index (χ2n) is 9.56. The molecule has 0 aliphatic heterocycles. The van der Waals surface area contributed by atoms with E-state index in [9.17, 15) is 35.9 Å². The minimum atomic E-state index is -5.09. The van der Waals surface area contributed by atoms with E-state index < -0.39 is 41.0 Å². The molecule has 0 fully saturated rings. The molecule has 0 aliphatic carbocycles. The molecule has 2 heterocycles. The van der Waals surface area contributed by atoms with Crippen molar-refractivity contribution >= 4 is 22.7 Å². The first-order valence-corrected chi connectivity index (χ1v) is 12.6. The molecule has 0 radical (unpaired) electrons. The van der Waals surface area contributed by atoms with Crippen molar-refractivity contribution in [1.29, 1.82) is 0 Å². The minimum Gasteiger partial charge on any atom is -0.361 e. The molecule has 6 nitrogen and oxygen atoms in total. The van der Waals surface area contributed by atoms with Crippen LogP contribution in [0.3, 0.4) is 0 Å². The van der Waals surface area contributed by atoms with Gasteiger partial charge in [-0.1, -0.05) is 24.3 Å². The zero-order valence-electron chi connectivity index (χ0n) is 21.8. The number of aromatic amines is 1. The Morgan fingerprint density at radius 2 is 1.61 bits per heavy atom. The highest BCUT2D eigenvalue weighted by atomic mass is 19.4. The number of nitrogens with one attached hydrogen (secondary N) is 2. The van der Waals surface area contributed by atoms with Gasteiger partial charge >= 0.3 is 12.4 Å². The van der Waals surface area contributed by atoms with Crippen LogP contribution in [0, 0.1) is 0 Å². The topological polar surface area (TPSA) is 78.1 Å². The molecule has 41 heavy (non-hydrogen) atoms. The van der Waals surface area contributed by atoms with Gasteiger partial charge in [-0.25, -0.2) is 0 Å². The van der Waals surface area contributed by atoms with Crippen molar-refractivity contribution in [3.8, 4) is 0 Å².